The topological polar surface area (TPSA) is 122 Å². The van der Waals surface area contributed by atoms with Crippen LogP contribution in [0.1, 0.15) is 16.2 Å². The molecule has 0 atom stereocenters. The van der Waals surface area contributed by atoms with Gasteiger partial charge in [0.05, 0.1) is 17.4 Å². The lowest BCUT2D eigenvalue weighted by Gasteiger charge is -2.07. The summed E-state index contributed by atoms with van der Waals surface area (Å²) in [5, 5.41) is 21.6. The van der Waals surface area contributed by atoms with E-state index in [2.05, 4.69) is 25.8 Å². The second-order valence-corrected chi connectivity index (χ2v) is 4.26. The number of carbonyl (C=O) groups is 2. The number of urea groups is 1. The largest absolute Gasteiger partial charge is 0.478 e. The summed E-state index contributed by atoms with van der Waals surface area (Å²) in [6, 6.07) is 0.888. The van der Waals surface area contributed by atoms with E-state index < -0.39 is 12.0 Å². The third kappa shape index (κ3) is 4.00. The van der Waals surface area contributed by atoms with E-state index in [-0.39, 0.29) is 5.56 Å². The van der Waals surface area contributed by atoms with Crippen molar-refractivity contribution in [1.82, 2.24) is 25.1 Å². The van der Waals surface area contributed by atoms with E-state index >= 15 is 0 Å². The van der Waals surface area contributed by atoms with E-state index in [0.29, 0.717) is 18.7 Å². The predicted molar refractivity (Wildman–Crippen MR) is 72.9 cm³/mol. The Kier molecular flexibility index (Phi) is 4.44. The van der Waals surface area contributed by atoms with Crippen LogP contribution in [0.4, 0.5) is 10.5 Å². The molecule has 2 aromatic rings. The van der Waals surface area contributed by atoms with Crippen molar-refractivity contribution in [3.63, 3.8) is 0 Å². The smallest absolute Gasteiger partial charge is 0.337 e. The van der Waals surface area contributed by atoms with Gasteiger partial charge < -0.3 is 20.3 Å². The summed E-state index contributed by atoms with van der Waals surface area (Å²) in [4.78, 5) is 26.2. The van der Waals surface area contributed by atoms with Crippen LogP contribution in [0.2, 0.25) is 0 Å². The van der Waals surface area contributed by atoms with Crippen molar-refractivity contribution in [1.29, 1.82) is 0 Å². The molecule has 0 aliphatic carbocycles. The van der Waals surface area contributed by atoms with E-state index in [4.69, 9.17) is 5.11 Å². The van der Waals surface area contributed by atoms with E-state index in [1.165, 1.54) is 18.5 Å². The zero-order valence-electron chi connectivity index (χ0n) is 11.3. The van der Waals surface area contributed by atoms with Crippen LogP contribution < -0.4 is 10.6 Å². The molecule has 0 unspecified atom stereocenters. The van der Waals surface area contributed by atoms with Gasteiger partial charge in [0.25, 0.3) is 0 Å². The Morgan fingerprint density at radius 1 is 1.38 bits per heavy atom. The number of nitrogens with zero attached hydrogens (tertiary/aromatic N) is 4. The number of carboxylic acid groups (broad SMARTS) is 1. The molecule has 0 bridgehead atoms. The van der Waals surface area contributed by atoms with Gasteiger partial charge in [0.2, 0.25) is 0 Å². The number of carboxylic acids is 1. The van der Waals surface area contributed by atoms with Crippen LogP contribution in [0.15, 0.2) is 24.8 Å². The minimum Gasteiger partial charge on any atom is -0.478 e. The number of carbonyl (C=O) groups excluding carboxylic acids is 1. The lowest BCUT2D eigenvalue weighted by molar-refractivity contribution is 0.0696. The first-order chi connectivity index (χ1) is 10.1. The van der Waals surface area contributed by atoms with Gasteiger partial charge in [-0.1, -0.05) is 0 Å². The van der Waals surface area contributed by atoms with Gasteiger partial charge in [-0.25, -0.2) is 9.59 Å². The van der Waals surface area contributed by atoms with Gasteiger partial charge in [-0.15, -0.1) is 10.2 Å². The van der Waals surface area contributed by atoms with Crippen molar-refractivity contribution in [2.24, 2.45) is 7.05 Å². The molecule has 110 valence electrons. The van der Waals surface area contributed by atoms with E-state index in [1.54, 1.807) is 10.9 Å². The van der Waals surface area contributed by atoms with Crippen LogP contribution in [0, 0.1) is 0 Å². The predicted octanol–water partition coefficient (Wildman–Crippen LogP) is 0.272. The summed E-state index contributed by atoms with van der Waals surface area (Å²) < 4.78 is 1.76. The number of hydrogen-bond acceptors (Lipinski definition) is 5. The van der Waals surface area contributed by atoms with E-state index in [0.717, 1.165) is 5.82 Å². The molecule has 0 saturated carbocycles. The molecule has 2 amide bonds. The first-order valence-corrected chi connectivity index (χ1v) is 6.12. The molecular weight excluding hydrogens is 276 g/mol. The summed E-state index contributed by atoms with van der Waals surface area (Å²) in [5.74, 6) is -0.348. The van der Waals surface area contributed by atoms with Gasteiger partial charge in [-0.3, -0.25) is 4.98 Å². The van der Waals surface area contributed by atoms with Crippen LogP contribution in [0.5, 0.6) is 0 Å². The average molecular weight is 290 g/mol. The summed E-state index contributed by atoms with van der Waals surface area (Å²) in [7, 11) is 1.82. The Morgan fingerprint density at radius 2 is 2.19 bits per heavy atom. The lowest BCUT2D eigenvalue weighted by atomic mass is 10.2. The Bertz CT molecular complexity index is 654. The molecule has 0 radical (unpaired) electrons. The third-order valence-corrected chi connectivity index (χ3v) is 2.68. The molecule has 2 aromatic heterocycles. The molecule has 3 N–H and O–H groups in total. The molecule has 0 saturated heterocycles. The van der Waals surface area contributed by atoms with E-state index in [9.17, 15) is 9.59 Å². The van der Waals surface area contributed by atoms with Crippen LogP contribution in [0.25, 0.3) is 0 Å². The van der Waals surface area contributed by atoms with Gasteiger partial charge >= 0.3 is 12.0 Å². The minimum atomic E-state index is -1.10. The zero-order valence-corrected chi connectivity index (χ0v) is 11.3. The Balaban J connectivity index is 1.83. The van der Waals surface area contributed by atoms with Gasteiger partial charge in [0.15, 0.2) is 0 Å². The molecular formula is C12H14N6O3. The average Bonchev–Trinajstić information content (AvgIpc) is 2.85. The molecule has 0 aliphatic rings. The fraction of sp³-hybridized carbons (Fsp3) is 0.250. The zero-order chi connectivity index (χ0) is 15.2. The highest BCUT2D eigenvalue weighted by Crippen LogP contribution is 2.07. The Labute approximate surface area is 120 Å². The van der Waals surface area contributed by atoms with Crippen molar-refractivity contribution in [3.05, 3.63) is 36.2 Å². The first-order valence-electron chi connectivity index (χ1n) is 6.12. The number of rotatable bonds is 5. The number of aromatic carboxylic acids is 1. The maximum Gasteiger partial charge on any atom is 0.337 e. The van der Waals surface area contributed by atoms with E-state index in [1.807, 2.05) is 7.05 Å². The molecule has 0 spiro atoms. The van der Waals surface area contributed by atoms with Crippen LogP contribution in [0.3, 0.4) is 0 Å². The maximum absolute atomic E-state index is 11.7. The monoisotopic (exact) mass is 290 g/mol. The van der Waals surface area contributed by atoms with Gasteiger partial charge in [0, 0.05) is 26.2 Å². The quantitative estimate of drug-likeness (QED) is 0.726. The molecule has 0 aliphatic heterocycles. The van der Waals surface area contributed by atoms with Crippen molar-refractivity contribution in [3.8, 4) is 0 Å². The minimum absolute atomic E-state index is 0.00637. The second-order valence-electron chi connectivity index (χ2n) is 4.26. The highest BCUT2D eigenvalue weighted by Gasteiger charge is 2.07. The number of pyridine rings is 1. The van der Waals surface area contributed by atoms with Crippen molar-refractivity contribution < 1.29 is 14.7 Å². The number of aromatic nitrogens is 4. The molecule has 9 nitrogen and oxygen atoms in total. The highest BCUT2D eigenvalue weighted by atomic mass is 16.4. The standard InChI is InChI=1S/C12H14N6O3/c1-18-7-15-17-10(18)2-3-14-12(21)16-9-4-8(11(19)20)5-13-6-9/h4-7H,2-3H2,1H3,(H,19,20)(H2,14,16,21). The van der Waals surface area contributed by atoms with Gasteiger partial charge in [0.1, 0.15) is 12.2 Å². The summed E-state index contributed by atoms with van der Waals surface area (Å²) in [6.07, 6.45) is 4.70. The van der Waals surface area contributed by atoms with Gasteiger partial charge in [-0.2, -0.15) is 0 Å². The number of hydrogen-bond donors (Lipinski definition) is 3. The molecule has 2 heterocycles. The second kappa shape index (κ2) is 6.46. The first kappa shape index (κ1) is 14.4. The van der Waals surface area contributed by atoms with Crippen molar-refractivity contribution in [2.45, 2.75) is 6.42 Å². The number of aryl methyl sites for hydroxylation is 1. The summed E-state index contributed by atoms with van der Waals surface area (Å²) in [5.41, 5.74) is 0.318. The highest BCUT2D eigenvalue weighted by molar-refractivity contribution is 5.92. The SMILES string of the molecule is Cn1cnnc1CCNC(=O)Nc1cncc(C(=O)O)c1. The van der Waals surface area contributed by atoms with Crippen LogP contribution in [-0.4, -0.2) is 43.4 Å². The number of nitrogens with one attached hydrogen (secondary N) is 2. The maximum atomic E-state index is 11.7. The molecule has 21 heavy (non-hydrogen) atoms. The fourth-order valence-corrected chi connectivity index (χ4v) is 1.62. The molecule has 9 heteroatoms. The Morgan fingerprint density at radius 3 is 2.86 bits per heavy atom. The van der Waals surface area contributed by atoms with Crippen LogP contribution >= 0.6 is 0 Å². The third-order valence-electron chi connectivity index (χ3n) is 2.68. The normalized spacial score (nSPS) is 10.1. The number of amides is 2. The van der Waals surface area contributed by atoms with Crippen molar-refractivity contribution >= 4 is 17.7 Å². The number of anilines is 1. The molecule has 2 rings (SSSR count). The molecule has 0 aromatic carbocycles. The summed E-state index contributed by atoms with van der Waals surface area (Å²) >= 11 is 0. The molecule has 0 fully saturated rings. The van der Waals surface area contributed by atoms with Gasteiger partial charge in [-0.05, 0) is 6.07 Å². The Hall–Kier alpha value is -2.97. The van der Waals surface area contributed by atoms with Crippen molar-refractivity contribution in [2.75, 3.05) is 11.9 Å². The lowest BCUT2D eigenvalue weighted by Crippen LogP contribution is -2.31. The fourth-order valence-electron chi connectivity index (χ4n) is 1.62. The summed E-state index contributed by atoms with van der Waals surface area (Å²) in [6.45, 7) is 0.379. The van der Waals surface area contributed by atoms with Crippen LogP contribution in [-0.2, 0) is 13.5 Å².